The molecule has 33 heavy (non-hydrogen) atoms. The monoisotopic (exact) mass is 486 g/mol. The van der Waals surface area contributed by atoms with E-state index in [1.54, 1.807) is 0 Å². The molecule has 0 aliphatic heterocycles. The molecule has 0 radical (unpaired) electrons. The number of thiophene rings is 1. The first-order valence-electron chi connectivity index (χ1n) is 11.5. The summed E-state index contributed by atoms with van der Waals surface area (Å²) in [6.45, 7) is 2.51. The summed E-state index contributed by atoms with van der Waals surface area (Å²) in [7, 11) is 0. The second kappa shape index (κ2) is 9.43. The van der Waals surface area contributed by atoms with Gasteiger partial charge in [-0.05, 0) is 81.5 Å². The Bertz CT molecular complexity index is 1160. The summed E-state index contributed by atoms with van der Waals surface area (Å²) in [4.78, 5) is 17.2. The van der Waals surface area contributed by atoms with Gasteiger partial charge in [0.15, 0.2) is 0 Å². The fourth-order valence-electron chi connectivity index (χ4n) is 4.49. The van der Waals surface area contributed by atoms with Gasteiger partial charge in [-0.15, -0.1) is 16.4 Å². The summed E-state index contributed by atoms with van der Waals surface area (Å²) in [6, 6.07) is 5.85. The molecule has 3 aromatic rings. The maximum atomic E-state index is 11.3. The summed E-state index contributed by atoms with van der Waals surface area (Å²) in [5.74, 6) is 0.425. The largest absolute Gasteiger partial charge is 0.489 e. The molecule has 0 unspecified atom stereocenters. The molecule has 2 fully saturated rings. The molecule has 0 bridgehead atoms. The molecule has 0 saturated heterocycles. The number of aryl methyl sites for hydroxylation is 1. The van der Waals surface area contributed by atoms with Crippen LogP contribution in [0.15, 0.2) is 24.4 Å². The molecular weight excluding hydrogens is 460 g/mol. The van der Waals surface area contributed by atoms with Gasteiger partial charge in [0.25, 0.3) is 0 Å². The average molecular weight is 487 g/mol. The van der Waals surface area contributed by atoms with Crippen LogP contribution in [0.5, 0.6) is 5.75 Å². The second-order valence-corrected chi connectivity index (χ2v) is 10.9. The number of rotatable bonds is 8. The lowest BCUT2D eigenvalue weighted by atomic mass is 9.87. The zero-order valence-electron chi connectivity index (χ0n) is 18.5. The Balaban J connectivity index is 1.31. The maximum absolute atomic E-state index is 11.3. The molecule has 0 aromatic carbocycles. The molecule has 0 amide bonds. The Morgan fingerprint density at radius 2 is 2.15 bits per heavy atom. The van der Waals surface area contributed by atoms with Crippen LogP contribution in [0.4, 0.5) is 0 Å². The van der Waals surface area contributed by atoms with E-state index in [0.29, 0.717) is 23.1 Å². The molecule has 2 aliphatic rings. The number of hydrogen-bond acceptors (Lipinski definition) is 6. The molecule has 3 heterocycles. The van der Waals surface area contributed by atoms with Crippen molar-refractivity contribution in [1.29, 1.82) is 0 Å². The van der Waals surface area contributed by atoms with Crippen molar-refractivity contribution in [1.82, 2.24) is 20.0 Å². The molecule has 2 atom stereocenters. The van der Waals surface area contributed by atoms with Crippen molar-refractivity contribution in [2.45, 2.75) is 64.5 Å². The van der Waals surface area contributed by atoms with E-state index in [-0.39, 0.29) is 12.0 Å². The predicted octanol–water partition coefficient (Wildman–Crippen LogP) is 5.39. The van der Waals surface area contributed by atoms with E-state index in [2.05, 4.69) is 10.3 Å². The van der Waals surface area contributed by atoms with Crippen molar-refractivity contribution in [3.8, 4) is 16.3 Å². The smallest absolute Gasteiger partial charge is 0.306 e. The molecule has 3 aromatic heterocycles. The Hall–Kier alpha value is -2.45. The summed E-state index contributed by atoms with van der Waals surface area (Å²) in [5, 5.41) is 17.9. The predicted molar refractivity (Wildman–Crippen MR) is 127 cm³/mol. The molecular formula is C24H27ClN4O3S. The minimum absolute atomic E-state index is 0.0879. The van der Waals surface area contributed by atoms with Gasteiger partial charge in [-0.1, -0.05) is 16.8 Å². The van der Waals surface area contributed by atoms with E-state index in [1.165, 1.54) is 24.2 Å². The van der Waals surface area contributed by atoms with Crippen molar-refractivity contribution in [2.24, 2.45) is 11.8 Å². The minimum atomic E-state index is -0.734. The number of pyridine rings is 1. The second-order valence-electron chi connectivity index (χ2n) is 9.18. The van der Waals surface area contributed by atoms with Crippen LogP contribution in [0.1, 0.15) is 55.5 Å². The van der Waals surface area contributed by atoms with Gasteiger partial charge in [-0.2, -0.15) is 0 Å². The van der Waals surface area contributed by atoms with E-state index < -0.39 is 5.97 Å². The van der Waals surface area contributed by atoms with Gasteiger partial charge >= 0.3 is 5.97 Å². The van der Waals surface area contributed by atoms with Crippen LogP contribution in [0.25, 0.3) is 10.6 Å². The normalized spacial score (nSPS) is 20.7. The highest BCUT2D eigenvalue weighted by Crippen LogP contribution is 2.37. The number of nitrogens with zero attached hydrogens (tertiary/aromatic N) is 4. The van der Waals surface area contributed by atoms with Crippen LogP contribution in [0, 0.1) is 18.8 Å². The zero-order valence-corrected chi connectivity index (χ0v) is 20.1. The quantitative estimate of drug-likeness (QED) is 0.459. The third-order valence-corrected chi connectivity index (χ3v) is 7.76. The number of aliphatic carboxylic acids is 1. The molecule has 1 N–H and O–H groups in total. The highest BCUT2D eigenvalue weighted by Gasteiger charge is 2.28. The van der Waals surface area contributed by atoms with Crippen LogP contribution in [-0.2, 0) is 17.8 Å². The topological polar surface area (TPSA) is 90.1 Å². The molecule has 9 heteroatoms. The molecule has 0 spiro atoms. The molecule has 5 rings (SSSR count). The standard InChI is InChI=1S/C24H27ClN4O3S/c1-14-21(32-19-4-2-3-16(10-19)24(30)31)8-7-20(26-14)23-17(11-22(25)33-23)12-29-13-18(27-28-29)9-15-5-6-15/h7-8,11,13,15-16,19H,2-6,9-10,12H2,1H3,(H,30,31)/t16-,19-/m0/s1. The number of ether oxygens (including phenoxy) is 1. The number of hydrogen-bond donors (Lipinski definition) is 1. The van der Waals surface area contributed by atoms with Gasteiger partial charge in [-0.3, -0.25) is 4.79 Å². The van der Waals surface area contributed by atoms with Crippen LogP contribution in [0.2, 0.25) is 4.34 Å². The number of carboxylic acid groups (broad SMARTS) is 1. The van der Waals surface area contributed by atoms with Crippen LogP contribution >= 0.6 is 22.9 Å². The first kappa shape index (κ1) is 22.3. The van der Waals surface area contributed by atoms with Crippen molar-refractivity contribution >= 4 is 28.9 Å². The SMILES string of the molecule is Cc1nc(-c2sc(Cl)cc2Cn2cc(CC3CC3)nn2)ccc1O[C@H]1CCC[C@H](C(=O)O)C1. The van der Waals surface area contributed by atoms with E-state index in [4.69, 9.17) is 21.3 Å². The number of aromatic nitrogens is 4. The highest BCUT2D eigenvalue weighted by molar-refractivity contribution is 7.19. The lowest BCUT2D eigenvalue weighted by Gasteiger charge is -2.27. The Morgan fingerprint density at radius 3 is 2.91 bits per heavy atom. The van der Waals surface area contributed by atoms with Crippen molar-refractivity contribution in [3.63, 3.8) is 0 Å². The summed E-state index contributed by atoms with van der Waals surface area (Å²) >= 11 is 7.88. The van der Waals surface area contributed by atoms with Crippen LogP contribution in [-0.4, -0.2) is 37.2 Å². The summed E-state index contributed by atoms with van der Waals surface area (Å²) < 4.78 is 8.73. The lowest BCUT2D eigenvalue weighted by molar-refractivity contribution is -0.143. The third-order valence-electron chi connectivity index (χ3n) is 6.43. The van der Waals surface area contributed by atoms with Crippen molar-refractivity contribution in [3.05, 3.63) is 45.7 Å². The van der Waals surface area contributed by atoms with E-state index in [9.17, 15) is 9.90 Å². The van der Waals surface area contributed by atoms with Gasteiger partial charge in [0.05, 0.1) is 44.9 Å². The van der Waals surface area contributed by atoms with Gasteiger partial charge < -0.3 is 9.84 Å². The van der Waals surface area contributed by atoms with E-state index in [1.807, 2.05) is 36.0 Å². The highest BCUT2D eigenvalue weighted by atomic mass is 35.5. The maximum Gasteiger partial charge on any atom is 0.306 e. The van der Waals surface area contributed by atoms with Gasteiger partial charge in [0.1, 0.15) is 5.75 Å². The van der Waals surface area contributed by atoms with E-state index >= 15 is 0 Å². The number of carbonyl (C=O) groups is 1. The Labute approximate surface area is 201 Å². The fourth-order valence-corrected chi connectivity index (χ4v) is 5.72. The average Bonchev–Trinajstić information content (AvgIpc) is 3.37. The molecule has 7 nitrogen and oxygen atoms in total. The minimum Gasteiger partial charge on any atom is -0.489 e. The number of halogens is 1. The zero-order chi connectivity index (χ0) is 22.9. The molecule has 2 saturated carbocycles. The van der Waals surface area contributed by atoms with Gasteiger partial charge in [0, 0.05) is 6.20 Å². The van der Waals surface area contributed by atoms with Crippen molar-refractivity contribution in [2.75, 3.05) is 0 Å². The first-order valence-corrected chi connectivity index (χ1v) is 12.7. The molecule has 2 aliphatic carbocycles. The lowest BCUT2D eigenvalue weighted by Crippen LogP contribution is -2.29. The van der Waals surface area contributed by atoms with Crippen LogP contribution in [0.3, 0.4) is 0 Å². The fraction of sp³-hybridized carbons (Fsp3) is 0.500. The first-order chi connectivity index (χ1) is 15.9. The van der Waals surface area contributed by atoms with E-state index in [0.717, 1.165) is 59.1 Å². The Kier molecular flexibility index (Phi) is 6.38. The van der Waals surface area contributed by atoms with Crippen LogP contribution < -0.4 is 4.74 Å². The summed E-state index contributed by atoms with van der Waals surface area (Å²) in [6.07, 6.45) is 8.54. The summed E-state index contributed by atoms with van der Waals surface area (Å²) in [5.41, 5.74) is 3.73. The van der Waals surface area contributed by atoms with Gasteiger partial charge in [0.2, 0.25) is 0 Å². The van der Waals surface area contributed by atoms with Gasteiger partial charge in [-0.25, -0.2) is 9.67 Å². The van der Waals surface area contributed by atoms with Crippen molar-refractivity contribution < 1.29 is 14.6 Å². The number of carboxylic acids is 1. The Morgan fingerprint density at radius 1 is 1.30 bits per heavy atom. The molecule has 174 valence electrons. The third kappa shape index (κ3) is 5.38.